The minimum absolute atomic E-state index is 0.211. The first-order valence-electron chi connectivity index (χ1n) is 10.9. The second-order valence-electron chi connectivity index (χ2n) is 8.34. The van der Waals surface area contributed by atoms with Crippen LogP contribution >= 0.6 is 11.8 Å². The smallest absolute Gasteiger partial charge is 0.243 e. The van der Waals surface area contributed by atoms with Crippen molar-refractivity contribution < 1.29 is 12.8 Å². The molecule has 0 spiro atoms. The number of aromatic nitrogens is 2. The van der Waals surface area contributed by atoms with E-state index in [0.29, 0.717) is 40.9 Å². The van der Waals surface area contributed by atoms with Gasteiger partial charge in [0.15, 0.2) is 5.16 Å². The van der Waals surface area contributed by atoms with Gasteiger partial charge in [-0.3, -0.25) is 0 Å². The van der Waals surface area contributed by atoms with Gasteiger partial charge >= 0.3 is 0 Å². The Bertz CT molecular complexity index is 1200. The normalized spacial score (nSPS) is 18.4. The molecule has 0 amide bonds. The Labute approximate surface area is 186 Å². The van der Waals surface area contributed by atoms with Crippen LogP contribution in [0.4, 0.5) is 4.39 Å². The quantitative estimate of drug-likeness (QED) is 0.465. The highest BCUT2D eigenvalue weighted by molar-refractivity contribution is 7.98. The number of fused-ring (bicyclic) bond motifs is 1. The summed E-state index contributed by atoms with van der Waals surface area (Å²) in [5.74, 6) is 0.277. The highest BCUT2D eigenvalue weighted by atomic mass is 32.2. The topological polar surface area (TPSA) is 55.2 Å². The fourth-order valence-corrected chi connectivity index (χ4v) is 7.28. The van der Waals surface area contributed by atoms with Crippen LogP contribution in [0, 0.1) is 5.82 Å². The van der Waals surface area contributed by atoms with Crippen molar-refractivity contribution in [2.24, 2.45) is 0 Å². The van der Waals surface area contributed by atoms with Gasteiger partial charge in [-0.15, -0.1) is 0 Å². The molecule has 2 heterocycles. The van der Waals surface area contributed by atoms with E-state index in [1.165, 1.54) is 30.7 Å². The van der Waals surface area contributed by atoms with Crippen molar-refractivity contribution in [3.63, 3.8) is 0 Å². The zero-order valence-electron chi connectivity index (χ0n) is 17.3. The summed E-state index contributed by atoms with van der Waals surface area (Å²) in [6.45, 7) is 1.17. The lowest BCUT2D eigenvalue weighted by Gasteiger charge is -2.17. The third-order valence-electron chi connectivity index (χ3n) is 6.34. The monoisotopic (exact) mass is 459 g/mol. The van der Waals surface area contributed by atoms with E-state index in [-0.39, 0.29) is 5.82 Å². The van der Waals surface area contributed by atoms with Crippen molar-refractivity contribution in [2.45, 2.75) is 60.4 Å². The molecule has 1 aliphatic heterocycles. The molecule has 1 saturated heterocycles. The van der Waals surface area contributed by atoms with E-state index in [4.69, 9.17) is 4.98 Å². The molecule has 164 valence electrons. The predicted molar refractivity (Wildman–Crippen MR) is 121 cm³/mol. The molecule has 3 aromatic rings. The number of nitrogens with zero attached hydrogens (tertiary/aromatic N) is 3. The molecule has 2 aliphatic rings. The van der Waals surface area contributed by atoms with E-state index in [1.54, 1.807) is 28.6 Å². The summed E-state index contributed by atoms with van der Waals surface area (Å²) in [6, 6.07) is 12.5. The van der Waals surface area contributed by atoms with Gasteiger partial charge in [0.05, 0.1) is 15.9 Å². The van der Waals surface area contributed by atoms with Crippen LogP contribution in [0.25, 0.3) is 11.0 Å². The number of thioether (sulfide) groups is 1. The Balaban J connectivity index is 1.52. The standard InChI is InChI=1S/C23H26FN3O2S2/c24-20-10-4-1-7-17(20)16-30-23-25-21-15-19(31(28,29)26-13-5-6-14-26)11-12-22(21)27(23)18-8-2-3-9-18/h1,4,7,10-12,15,18H,2-3,5-6,8-9,13-14,16H2. The van der Waals surface area contributed by atoms with Crippen LogP contribution < -0.4 is 0 Å². The maximum Gasteiger partial charge on any atom is 0.243 e. The molecule has 2 fully saturated rings. The molecule has 8 heteroatoms. The number of imidazole rings is 1. The Kier molecular flexibility index (Phi) is 5.79. The van der Waals surface area contributed by atoms with Gasteiger partial charge in [0.25, 0.3) is 0 Å². The van der Waals surface area contributed by atoms with Crippen molar-refractivity contribution in [1.29, 1.82) is 0 Å². The van der Waals surface area contributed by atoms with Crippen molar-refractivity contribution in [3.05, 3.63) is 53.8 Å². The van der Waals surface area contributed by atoms with Crippen LogP contribution in [0.2, 0.25) is 0 Å². The molecule has 1 saturated carbocycles. The SMILES string of the molecule is O=S(=O)(c1ccc2c(c1)nc(SCc1ccccc1F)n2C1CCCC1)N1CCCC1. The molecule has 0 unspecified atom stereocenters. The van der Waals surface area contributed by atoms with Crippen molar-refractivity contribution in [1.82, 2.24) is 13.9 Å². The number of hydrogen-bond acceptors (Lipinski definition) is 4. The Morgan fingerprint density at radius 3 is 2.52 bits per heavy atom. The van der Waals surface area contributed by atoms with Gasteiger partial charge in [0.1, 0.15) is 5.82 Å². The molecule has 2 aromatic carbocycles. The zero-order valence-corrected chi connectivity index (χ0v) is 19.0. The highest BCUT2D eigenvalue weighted by Gasteiger charge is 2.29. The van der Waals surface area contributed by atoms with Crippen LogP contribution in [-0.4, -0.2) is 35.4 Å². The molecule has 5 nitrogen and oxygen atoms in total. The fourth-order valence-electron chi connectivity index (χ4n) is 4.67. The van der Waals surface area contributed by atoms with Crippen LogP contribution in [0.1, 0.15) is 50.1 Å². The summed E-state index contributed by atoms with van der Waals surface area (Å²) in [5.41, 5.74) is 2.31. The van der Waals surface area contributed by atoms with Gasteiger partial charge in [-0.1, -0.05) is 42.8 Å². The van der Waals surface area contributed by atoms with Crippen LogP contribution in [-0.2, 0) is 15.8 Å². The van der Waals surface area contributed by atoms with E-state index in [0.717, 1.165) is 36.4 Å². The van der Waals surface area contributed by atoms with Crippen molar-refractivity contribution >= 4 is 32.8 Å². The van der Waals surface area contributed by atoms with Gasteiger partial charge in [-0.05, 0) is 55.5 Å². The van der Waals surface area contributed by atoms with E-state index >= 15 is 0 Å². The maximum absolute atomic E-state index is 14.1. The summed E-state index contributed by atoms with van der Waals surface area (Å²) in [6.07, 6.45) is 6.37. The lowest BCUT2D eigenvalue weighted by atomic mass is 10.2. The molecule has 0 radical (unpaired) electrons. The van der Waals surface area contributed by atoms with Gasteiger partial charge in [0, 0.05) is 24.9 Å². The first kappa shape index (κ1) is 21.0. The van der Waals surface area contributed by atoms with Crippen molar-refractivity contribution in [2.75, 3.05) is 13.1 Å². The summed E-state index contributed by atoms with van der Waals surface area (Å²) in [7, 11) is -3.49. The second-order valence-corrected chi connectivity index (χ2v) is 11.2. The molecular weight excluding hydrogens is 433 g/mol. The third-order valence-corrected chi connectivity index (χ3v) is 9.23. The molecule has 0 atom stereocenters. The lowest BCUT2D eigenvalue weighted by molar-refractivity contribution is 0.477. The van der Waals surface area contributed by atoms with Gasteiger partial charge in [-0.25, -0.2) is 17.8 Å². The van der Waals surface area contributed by atoms with E-state index < -0.39 is 10.0 Å². The molecule has 31 heavy (non-hydrogen) atoms. The zero-order chi connectivity index (χ0) is 21.4. The maximum atomic E-state index is 14.1. The minimum atomic E-state index is -3.49. The third kappa shape index (κ3) is 4.01. The Morgan fingerprint density at radius 2 is 1.77 bits per heavy atom. The van der Waals surface area contributed by atoms with Gasteiger partial charge in [-0.2, -0.15) is 4.31 Å². The predicted octanol–water partition coefficient (Wildman–Crippen LogP) is 5.37. The second kappa shape index (κ2) is 8.56. The van der Waals surface area contributed by atoms with Crippen molar-refractivity contribution in [3.8, 4) is 0 Å². The minimum Gasteiger partial charge on any atom is -0.316 e. The summed E-state index contributed by atoms with van der Waals surface area (Å²) >= 11 is 1.52. The van der Waals surface area contributed by atoms with Gasteiger partial charge in [0.2, 0.25) is 10.0 Å². The van der Waals surface area contributed by atoms with E-state index in [2.05, 4.69) is 4.57 Å². The number of halogens is 1. The highest BCUT2D eigenvalue weighted by Crippen LogP contribution is 2.38. The summed E-state index contributed by atoms with van der Waals surface area (Å²) in [5, 5.41) is 0.834. The van der Waals surface area contributed by atoms with Crippen LogP contribution in [0.3, 0.4) is 0 Å². The van der Waals surface area contributed by atoms with E-state index in [1.807, 2.05) is 12.1 Å². The number of hydrogen-bond donors (Lipinski definition) is 0. The first-order valence-corrected chi connectivity index (χ1v) is 13.3. The Morgan fingerprint density at radius 1 is 1.03 bits per heavy atom. The number of sulfonamides is 1. The Hall–Kier alpha value is -1.90. The molecule has 0 N–H and O–H groups in total. The first-order chi connectivity index (χ1) is 15.0. The largest absolute Gasteiger partial charge is 0.316 e. The average molecular weight is 460 g/mol. The fraction of sp³-hybridized carbons (Fsp3) is 0.435. The summed E-state index contributed by atoms with van der Waals surface area (Å²) < 4.78 is 44.0. The molecule has 1 aliphatic carbocycles. The summed E-state index contributed by atoms with van der Waals surface area (Å²) in [4.78, 5) is 5.13. The average Bonchev–Trinajstić information content (AvgIpc) is 3.53. The molecule has 5 rings (SSSR count). The molecular formula is C23H26FN3O2S2. The molecule has 1 aromatic heterocycles. The molecule has 0 bridgehead atoms. The van der Waals surface area contributed by atoms with Gasteiger partial charge < -0.3 is 4.57 Å². The number of rotatable bonds is 6. The lowest BCUT2D eigenvalue weighted by Crippen LogP contribution is -2.27. The van der Waals surface area contributed by atoms with E-state index in [9.17, 15) is 12.8 Å². The van der Waals surface area contributed by atoms with Crippen LogP contribution in [0.5, 0.6) is 0 Å². The number of benzene rings is 2. The van der Waals surface area contributed by atoms with Crippen LogP contribution in [0.15, 0.2) is 52.5 Å².